The Hall–Kier alpha value is -2.23. The van der Waals surface area contributed by atoms with Crippen LogP contribution in [0.3, 0.4) is 0 Å². The number of aliphatic hydroxyl groups excluding tert-OH is 2. The summed E-state index contributed by atoms with van der Waals surface area (Å²) in [5, 5.41) is 29.2. The van der Waals surface area contributed by atoms with Crippen LogP contribution in [0.2, 0.25) is 0 Å². The number of fused-ring (bicyclic) bond motifs is 1. The molecule has 2 aromatic rings. The SMILES string of the molecule is Nc1ncnc2c1ncn2C1OC(COP(=O)(O)OCC(N)CCC(=O)O)C(O)C1O. The van der Waals surface area contributed by atoms with Crippen molar-refractivity contribution in [3.8, 4) is 0 Å². The van der Waals surface area contributed by atoms with Crippen LogP contribution in [0, 0.1) is 0 Å². The van der Waals surface area contributed by atoms with Crippen LogP contribution < -0.4 is 11.5 Å². The first kappa shape index (κ1) is 23.4. The van der Waals surface area contributed by atoms with Crippen molar-refractivity contribution in [1.82, 2.24) is 19.5 Å². The number of phosphoric ester groups is 1. The number of imidazole rings is 1. The topological polar surface area (TPSA) is 238 Å². The summed E-state index contributed by atoms with van der Waals surface area (Å²) < 4.78 is 28.5. The van der Waals surface area contributed by atoms with Crippen molar-refractivity contribution >= 4 is 30.8 Å². The highest BCUT2D eigenvalue weighted by Gasteiger charge is 2.45. The van der Waals surface area contributed by atoms with E-state index in [1.54, 1.807) is 0 Å². The van der Waals surface area contributed by atoms with Gasteiger partial charge in [0, 0.05) is 12.5 Å². The van der Waals surface area contributed by atoms with Gasteiger partial charge in [0.05, 0.1) is 19.5 Å². The summed E-state index contributed by atoms with van der Waals surface area (Å²) in [6.45, 7) is -1.00. The zero-order valence-corrected chi connectivity index (χ0v) is 17.0. The summed E-state index contributed by atoms with van der Waals surface area (Å²) >= 11 is 0. The van der Waals surface area contributed by atoms with Gasteiger partial charge in [-0.1, -0.05) is 0 Å². The predicted molar refractivity (Wildman–Crippen MR) is 102 cm³/mol. The third-order valence-electron chi connectivity index (χ3n) is 4.58. The molecule has 31 heavy (non-hydrogen) atoms. The van der Waals surface area contributed by atoms with Crippen LogP contribution in [0.1, 0.15) is 19.1 Å². The van der Waals surface area contributed by atoms with Crippen LogP contribution in [0.5, 0.6) is 0 Å². The van der Waals surface area contributed by atoms with Gasteiger partial charge in [-0.3, -0.25) is 18.4 Å². The highest BCUT2D eigenvalue weighted by Crippen LogP contribution is 2.44. The summed E-state index contributed by atoms with van der Waals surface area (Å²) in [4.78, 5) is 32.2. The van der Waals surface area contributed by atoms with E-state index in [2.05, 4.69) is 15.0 Å². The number of aromatic nitrogens is 4. The Morgan fingerprint density at radius 2 is 2.03 bits per heavy atom. The molecule has 6 unspecified atom stereocenters. The molecule has 0 spiro atoms. The fourth-order valence-corrected chi connectivity index (χ4v) is 3.73. The van der Waals surface area contributed by atoms with E-state index in [4.69, 9.17) is 30.4 Å². The first-order chi connectivity index (χ1) is 14.6. The van der Waals surface area contributed by atoms with Crippen LogP contribution in [-0.2, 0) is 23.1 Å². The van der Waals surface area contributed by atoms with E-state index in [-0.39, 0.29) is 29.8 Å². The van der Waals surface area contributed by atoms with E-state index in [1.165, 1.54) is 17.2 Å². The van der Waals surface area contributed by atoms with Crippen molar-refractivity contribution in [2.24, 2.45) is 5.73 Å². The molecule has 0 saturated carbocycles. The number of carboxylic acids is 1. The van der Waals surface area contributed by atoms with Crippen molar-refractivity contribution < 1.29 is 43.4 Å². The molecule has 3 rings (SSSR count). The largest absolute Gasteiger partial charge is 0.481 e. The van der Waals surface area contributed by atoms with Crippen molar-refractivity contribution in [2.45, 2.75) is 43.4 Å². The van der Waals surface area contributed by atoms with Crippen LogP contribution in [0.4, 0.5) is 5.82 Å². The average molecular weight is 462 g/mol. The molecular weight excluding hydrogens is 439 g/mol. The van der Waals surface area contributed by atoms with Gasteiger partial charge in [-0.25, -0.2) is 19.5 Å². The van der Waals surface area contributed by atoms with Gasteiger partial charge in [0.25, 0.3) is 0 Å². The first-order valence-corrected chi connectivity index (χ1v) is 10.6. The lowest BCUT2D eigenvalue weighted by Gasteiger charge is -2.19. The van der Waals surface area contributed by atoms with Gasteiger partial charge in [-0.2, -0.15) is 0 Å². The standard InChI is InChI=1S/C15H23N6O9P/c16-7(1-2-9(22)23)3-28-31(26,27)29-4-8-11(24)12(25)15(30-8)21-6-20-10-13(17)18-5-19-14(10)21/h5-8,11-12,15,24-25H,1-4,16H2,(H,22,23)(H,26,27)(H2,17,18,19). The van der Waals surface area contributed by atoms with Gasteiger partial charge >= 0.3 is 13.8 Å². The highest BCUT2D eigenvalue weighted by molar-refractivity contribution is 7.47. The Kier molecular flexibility index (Phi) is 7.18. The third-order valence-corrected chi connectivity index (χ3v) is 5.53. The number of carboxylic acid groups (broad SMARTS) is 1. The molecule has 16 heteroatoms. The molecule has 8 N–H and O–H groups in total. The van der Waals surface area contributed by atoms with Crippen molar-refractivity contribution in [3.05, 3.63) is 12.7 Å². The normalized spacial score (nSPS) is 26.7. The molecule has 2 aromatic heterocycles. The van der Waals surface area contributed by atoms with Gasteiger partial charge < -0.3 is 36.4 Å². The number of nitrogens with zero attached hydrogens (tertiary/aromatic N) is 4. The molecule has 1 fully saturated rings. The van der Waals surface area contributed by atoms with E-state index in [9.17, 15) is 24.5 Å². The van der Waals surface area contributed by atoms with E-state index < -0.39 is 57.6 Å². The summed E-state index contributed by atoms with van der Waals surface area (Å²) in [5.41, 5.74) is 11.9. The average Bonchev–Trinajstić information content (AvgIpc) is 3.26. The summed E-state index contributed by atoms with van der Waals surface area (Å²) in [5.74, 6) is -0.934. The molecule has 1 aliphatic rings. The number of carbonyl (C=O) groups is 1. The minimum Gasteiger partial charge on any atom is -0.481 e. The first-order valence-electron chi connectivity index (χ1n) is 9.13. The third kappa shape index (κ3) is 5.53. The molecule has 3 heterocycles. The van der Waals surface area contributed by atoms with Crippen LogP contribution in [0.25, 0.3) is 11.2 Å². The van der Waals surface area contributed by atoms with Crippen LogP contribution in [-0.4, -0.2) is 83.3 Å². The number of rotatable bonds is 10. The second kappa shape index (κ2) is 9.50. The number of aliphatic hydroxyl groups is 2. The Balaban J connectivity index is 1.58. The second-order valence-electron chi connectivity index (χ2n) is 6.88. The molecule has 15 nitrogen and oxygen atoms in total. The molecule has 0 radical (unpaired) electrons. The molecule has 172 valence electrons. The van der Waals surface area contributed by atoms with Crippen LogP contribution >= 0.6 is 7.82 Å². The minimum atomic E-state index is -4.57. The highest BCUT2D eigenvalue weighted by atomic mass is 31.2. The molecular formula is C15H23N6O9P. The van der Waals surface area contributed by atoms with Gasteiger partial charge in [-0.15, -0.1) is 0 Å². The van der Waals surface area contributed by atoms with Crippen molar-refractivity contribution in [1.29, 1.82) is 0 Å². The maximum Gasteiger partial charge on any atom is 0.472 e. The lowest BCUT2D eigenvalue weighted by molar-refractivity contribution is -0.137. The zero-order valence-electron chi connectivity index (χ0n) is 16.1. The molecule has 0 bridgehead atoms. The molecule has 0 amide bonds. The molecule has 1 saturated heterocycles. The molecule has 0 aromatic carbocycles. The second-order valence-corrected chi connectivity index (χ2v) is 8.34. The van der Waals surface area contributed by atoms with E-state index in [1.807, 2.05) is 0 Å². The fourth-order valence-electron chi connectivity index (χ4n) is 2.94. The lowest BCUT2D eigenvalue weighted by atomic mass is 10.1. The summed E-state index contributed by atoms with van der Waals surface area (Å²) in [7, 11) is -4.57. The number of aliphatic carboxylic acids is 1. The smallest absolute Gasteiger partial charge is 0.472 e. The number of hydrogen-bond donors (Lipinski definition) is 6. The quantitative estimate of drug-likeness (QED) is 0.217. The minimum absolute atomic E-state index is 0.0422. The zero-order chi connectivity index (χ0) is 22.8. The lowest BCUT2D eigenvalue weighted by Crippen LogP contribution is -2.33. The van der Waals surface area contributed by atoms with Gasteiger partial charge in [0.1, 0.15) is 30.2 Å². The van der Waals surface area contributed by atoms with Gasteiger partial charge in [-0.05, 0) is 6.42 Å². The Labute approximate surface area is 175 Å². The monoisotopic (exact) mass is 462 g/mol. The van der Waals surface area contributed by atoms with Crippen molar-refractivity contribution in [2.75, 3.05) is 18.9 Å². The number of phosphoric acid groups is 1. The number of nitrogen functional groups attached to an aromatic ring is 1. The van der Waals surface area contributed by atoms with E-state index >= 15 is 0 Å². The molecule has 6 atom stereocenters. The summed E-state index contributed by atoms with van der Waals surface area (Å²) in [6.07, 6.45) is -2.85. The van der Waals surface area contributed by atoms with E-state index in [0.717, 1.165) is 0 Å². The number of hydrogen-bond acceptors (Lipinski definition) is 12. The maximum absolute atomic E-state index is 12.0. The summed E-state index contributed by atoms with van der Waals surface area (Å²) in [6, 6.07) is -0.788. The van der Waals surface area contributed by atoms with Gasteiger partial charge in [0.15, 0.2) is 17.7 Å². The number of nitrogens with two attached hydrogens (primary N) is 2. The fraction of sp³-hybridized carbons (Fsp3) is 0.600. The molecule has 1 aliphatic heterocycles. The molecule has 0 aliphatic carbocycles. The maximum atomic E-state index is 12.0. The van der Waals surface area contributed by atoms with Crippen LogP contribution in [0.15, 0.2) is 12.7 Å². The van der Waals surface area contributed by atoms with E-state index in [0.29, 0.717) is 0 Å². The number of anilines is 1. The number of ether oxygens (including phenoxy) is 1. The predicted octanol–water partition coefficient (Wildman–Crippen LogP) is -1.65. The Morgan fingerprint density at radius 1 is 1.29 bits per heavy atom. The Bertz CT molecular complexity index is 974. The van der Waals surface area contributed by atoms with Crippen molar-refractivity contribution in [3.63, 3.8) is 0 Å². The van der Waals surface area contributed by atoms with Gasteiger partial charge in [0.2, 0.25) is 0 Å². The Morgan fingerprint density at radius 3 is 2.74 bits per heavy atom.